The topological polar surface area (TPSA) is 81.7 Å². The Labute approximate surface area is 194 Å². The fraction of sp³-hybridized carbons (Fsp3) is 0.231. The summed E-state index contributed by atoms with van der Waals surface area (Å²) in [5, 5.41) is 13.1. The number of nitrogens with one attached hydrogen (secondary N) is 2. The normalized spacial score (nSPS) is 18.8. The van der Waals surface area contributed by atoms with Crippen LogP contribution in [0.25, 0.3) is 11.1 Å². The summed E-state index contributed by atoms with van der Waals surface area (Å²) in [5.41, 5.74) is 8.31. The Hall–Kier alpha value is -3.45. The molecule has 3 N–H and O–H groups in total. The average molecular weight is 462 g/mol. The van der Waals surface area contributed by atoms with E-state index in [0.29, 0.717) is 6.04 Å². The lowest BCUT2D eigenvalue weighted by molar-refractivity contribution is 0.390. The van der Waals surface area contributed by atoms with Crippen LogP contribution in [0.1, 0.15) is 28.7 Å². The van der Waals surface area contributed by atoms with Crippen molar-refractivity contribution in [2.75, 3.05) is 5.32 Å². The number of aliphatic hydroxyl groups is 1. The van der Waals surface area contributed by atoms with Crippen LogP contribution < -0.4 is 10.0 Å². The number of benzene rings is 3. The van der Waals surface area contributed by atoms with Crippen molar-refractivity contribution in [3.63, 3.8) is 0 Å². The molecule has 1 unspecified atom stereocenters. The lowest BCUT2D eigenvalue weighted by Crippen LogP contribution is -2.29. The zero-order valence-electron chi connectivity index (χ0n) is 18.5. The third kappa shape index (κ3) is 4.68. The quantitative estimate of drug-likeness (QED) is 0.517. The average Bonchev–Trinajstić information content (AvgIpc) is 3.05. The molecule has 6 nitrogen and oxygen atoms in total. The van der Waals surface area contributed by atoms with Crippen LogP contribution in [-0.2, 0) is 29.6 Å². The fourth-order valence-electron chi connectivity index (χ4n) is 4.54. The van der Waals surface area contributed by atoms with Crippen LogP contribution in [0.5, 0.6) is 0 Å². The fourth-order valence-corrected chi connectivity index (χ4v) is 5.54. The first-order valence-corrected chi connectivity index (χ1v) is 12.5. The van der Waals surface area contributed by atoms with Crippen LogP contribution >= 0.6 is 0 Å². The molecule has 0 saturated heterocycles. The summed E-state index contributed by atoms with van der Waals surface area (Å²) in [7, 11) is -3.70. The molecule has 0 aliphatic carbocycles. The van der Waals surface area contributed by atoms with E-state index >= 15 is 0 Å². The van der Waals surface area contributed by atoms with Gasteiger partial charge in [0.05, 0.1) is 12.7 Å². The number of hydrogen-bond donors (Lipinski definition) is 3. The van der Waals surface area contributed by atoms with Crippen molar-refractivity contribution in [3.05, 3.63) is 101 Å². The molecule has 7 heteroatoms. The number of aryl methyl sites for hydroxylation is 2. The molecular formula is C26H27N3O3S. The number of rotatable bonds is 5. The monoisotopic (exact) mass is 461 g/mol. The van der Waals surface area contributed by atoms with Gasteiger partial charge in [-0.1, -0.05) is 66.2 Å². The van der Waals surface area contributed by atoms with Gasteiger partial charge in [-0.15, -0.1) is 0 Å². The highest BCUT2D eigenvalue weighted by atomic mass is 32.2. The number of aliphatic hydroxyl groups excluding tert-OH is 1. The van der Waals surface area contributed by atoms with Crippen molar-refractivity contribution >= 4 is 15.9 Å². The smallest absolute Gasteiger partial charge is 0.326 e. The second-order valence-corrected chi connectivity index (χ2v) is 10.4. The van der Waals surface area contributed by atoms with Gasteiger partial charge in [-0.3, -0.25) is 4.31 Å². The zero-order chi connectivity index (χ0) is 23.0. The third-order valence-corrected chi connectivity index (χ3v) is 7.54. The molecule has 0 fully saturated rings. The molecule has 33 heavy (non-hydrogen) atoms. The number of nitrogens with zero attached hydrogens (tertiary/aromatic N) is 1. The van der Waals surface area contributed by atoms with Crippen molar-refractivity contribution in [1.82, 2.24) is 9.03 Å². The van der Waals surface area contributed by atoms with Crippen LogP contribution in [0.4, 0.5) is 5.69 Å². The van der Waals surface area contributed by atoms with E-state index in [9.17, 15) is 13.5 Å². The summed E-state index contributed by atoms with van der Waals surface area (Å²) >= 11 is 0. The molecule has 3 aromatic carbocycles. The minimum Gasteiger partial charge on any atom is -0.493 e. The van der Waals surface area contributed by atoms with E-state index in [-0.39, 0.29) is 12.4 Å². The van der Waals surface area contributed by atoms with E-state index in [1.807, 2.05) is 24.3 Å². The first-order valence-electron chi connectivity index (χ1n) is 11.1. The highest BCUT2D eigenvalue weighted by molar-refractivity contribution is 7.87. The van der Waals surface area contributed by atoms with E-state index < -0.39 is 10.2 Å². The lowest BCUT2D eigenvalue weighted by atomic mass is 9.92. The summed E-state index contributed by atoms with van der Waals surface area (Å²) in [6, 6.07) is 23.5. The Kier molecular flexibility index (Phi) is 5.50. The summed E-state index contributed by atoms with van der Waals surface area (Å²) in [6.45, 7) is 2.30. The number of hydrogen-bond acceptors (Lipinski definition) is 4. The van der Waals surface area contributed by atoms with E-state index in [0.717, 1.165) is 40.3 Å². The molecule has 1 atom stereocenters. The standard InChI is InChI=1S/C26H27N3O3S/c1-18-5-12-25-23(13-18)10-11-24(27-25)15-20-3-2-4-22(14-20)21-8-6-19(7-9-21)16-29-17-26(30)28-33(29,31)32/h2-9,12-14,17,24,27-28,30H,10-11,15-16H2,1H3. The van der Waals surface area contributed by atoms with Gasteiger partial charge in [0.2, 0.25) is 5.88 Å². The van der Waals surface area contributed by atoms with Crippen molar-refractivity contribution in [3.8, 4) is 11.1 Å². The maximum Gasteiger partial charge on any atom is 0.326 e. The maximum atomic E-state index is 11.9. The third-order valence-electron chi connectivity index (χ3n) is 6.23. The van der Waals surface area contributed by atoms with Gasteiger partial charge in [0.25, 0.3) is 0 Å². The van der Waals surface area contributed by atoms with Gasteiger partial charge >= 0.3 is 10.2 Å². The van der Waals surface area contributed by atoms with E-state index in [4.69, 9.17) is 0 Å². The first kappa shape index (κ1) is 21.4. The molecule has 2 aliphatic rings. The molecule has 170 valence electrons. The molecule has 0 aromatic heterocycles. The van der Waals surface area contributed by atoms with Crippen molar-refractivity contribution in [1.29, 1.82) is 0 Å². The Morgan fingerprint density at radius 2 is 1.82 bits per heavy atom. The van der Waals surface area contributed by atoms with Crippen LogP contribution in [0.2, 0.25) is 0 Å². The Balaban J connectivity index is 1.27. The molecule has 2 heterocycles. The van der Waals surface area contributed by atoms with Crippen LogP contribution in [0.15, 0.2) is 78.8 Å². The minimum atomic E-state index is -3.70. The highest BCUT2D eigenvalue weighted by Gasteiger charge is 2.27. The van der Waals surface area contributed by atoms with Gasteiger partial charge in [-0.05, 0) is 60.1 Å². The Morgan fingerprint density at radius 3 is 2.58 bits per heavy atom. The molecular weight excluding hydrogens is 434 g/mol. The number of fused-ring (bicyclic) bond motifs is 1. The van der Waals surface area contributed by atoms with E-state index in [1.165, 1.54) is 28.6 Å². The Morgan fingerprint density at radius 1 is 1.00 bits per heavy atom. The largest absolute Gasteiger partial charge is 0.493 e. The van der Waals surface area contributed by atoms with Gasteiger partial charge in [-0.25, -0.2) is 4.72 Å². The molecule has 0 amide bonds. The van der Waals surface area contributed by atoms with Crippen LogP contribution in [-0.4, -0.2) is 23.9 Å². The lowest BCUT2D eigenvalue weighted by Gasteiger charge is -2.27. The molecule has 0 bridgehead atoms. The molecule has 0 spiro atoms. The van der Waals surface area contributed by atoms with Gasteiger partial charge in [-0.2, -0.15) is 8.42 Å². The van der Waals surface area contributed by atoms with Gasteiger partial charge in [0, 0.05) is 11.7 Å². The molecule has 2 aliphatic heterocycles. The summed E-state index contributed by atoms with van der Waals surface area (Å²) < 4.78 is 27.0. The minimum absolute atomic E-state index is 0.161. The molecule has 0 radical (unpaired) electrons. The second kappa shape index (κ2) is 8.48. The SMILES string of the molecule is Cc1ccc2c(c1)CCC(Cc1cccc(-c3ccc(CN4C=C(O)NS4(=O)=O)cc3)c1)N2. The van der Waals surface area contributed by atoms with E-state index in [2.05, 4.69) is 59.4 Å². The van der Waals surface area contributed by atoms with Gasteiger partial charge in [0.1, 0.15) is 0 Å². The second-order valence-electron chi connectivity index (χ2n) is 8.81. The van der Waals surface area contributed by atoms with Crippen molar-refractivity contribution in [2.45, 2.75) is 38.8 Å². The summed E-state index contributed by atoms with van der Waals surface area (Å²) in [6.07, 6.45) is 4.37. The van der Waals surface area contributed by atoms with Crippen LogP contribution in [0.3, 0.4) is 0 Å². The predicted molar refractivity (Wildman–Crippen MR) is 131 cm³/mol. The summed E-state index contributed by atoms with van der Waals surface area (Å²) in [5.74, 6) is -0.366. The van der Waals surface area contributed by atoms with Crippen LogP contribution in [0, 0.1) is 6.92 Å². The highest BCUT2D eigenvalue weighted by Crippen LogP contribution is 2.28. The molecule has 3 aromatic rings. The van der Waals surface area contributed by atoms with Gasteiger partial charge < -0.3 is 10.4 Å². The predicted octanol–water partition coefficient (Wildman–Crippen LogP) is 4.64. The molecule has 5 rings (SSSR count). The maximum absolute atomic E-state index is 11.9. The van der Waals surface area contributed by atoms with E-state index in [1.54, 1.807) is 0 Å². The first-order chi connectivity index (χ1) is 15.9. The Bertz CT molecular complexity index is 1320. The van der Waals surface area contributed by atoms with Gasteiger partial charge in [0.15, 0.2) is 0 Å². The summed E-state index contributed by atoms with van der Waals surface area (Å²) in [4.78, 5) is 0. The number of anilines is 1. The molecule has 0 saturated carbocycles. The van der Waals surface area contributed by atoms with Crippen molar-refractivity contribution < 1.29 is 13.5 Å². The zero-order valence-corrected chi connectivity index (χ0v) is 19.3. The van der Waals surface area contributed by atoms with Crippen molar-refractivity contribution in [2.24, 2.45) is 0 Å².